The van der Waals surface area contributed by atoms with E-state index in [1.807, 2.05) is 30.8 Å². The van der Waals surface area contributed by atoms with Crippen LogP contribution in [0.3, 0.4) is 0 Å². The van der Waals surface area contributed by atoms with Crippen molar-refractivity contribution in [2.24, 2.45) is 7.05 Å². The minimum absolute atomic E-state index is 0.00323. The fourth-order valence-electron chi connectivity index (χ4n) is 3.03. The van der Waals surface area contributed by atoms with Crippen LogP contribution in [-0.4, -0.2) is 33.7 Å². The molecule has 0 atom stereocenters. The van der Waals surface area contributed by atoms with Gasteiger partial charge in [0.05, 0.1) is 23.7 Å². The molecule has 3 aromatic rings. The number of anilines is 1. The Morgan fingerprint density at radius 3 is 2.46 bits per heavy atom. The van der Waals surface area contributed by atoms with E-state index in [4.69, 9.17) is 9.47 Å². The van der Waals surface area contributed by atoms with E-state index in [-0.39, 0.29) is 18.6 Å². The van der Waals surface area contributed by atoms with Crippen LogP contribution in [0.1, 0.15) is 31.3 Å². The summed E-state index contributed by atoms with van der Waals surface area (Å²) in [5.74, 6) is 0.0693. The van der Waals surface area contributed by atoms with Crippen LogP contribution >= 0.6 is 0 Å². The third-order valence-corrected chi connectivity index (χ3v) is 4.26. The third-order valence-electron chi connectivity index (χ3n) is 4.26. The van der Waals surface area contributed by atoms with Gasteiger partial charge in [-0.1, -0.05) is 0 Å². The zero-order chi connectivity index (χ0) is 20.3. The zero-order valence-electron chi connectivity index (χ0n) is 16.6. The van der Waals surface area contributed by atoms with E-state index in [0.717, 1.165) is 16.8 Å². The molecule has 0 saturated carbocycles. The molecule has 2 heterocycles. The molecule has 1 N–H and O–H groups in total. The van der Waals surface area contributed by atoms with Crippen LogP contribution in [0, 0.1) is 0 Å². The van der Waals surface area contributed by atoms with Gasteiger partial charge in [-0.15, -0.1) is 0 Å². The molecule has 0 aliphatic carbocycles. The number of nitrogens with zero attached hydrogens (tertiary/aromatic N) is 2. The number of esters is 1. The van der Waals surface area contributed by atoms with Crippen molar-refractivity contribution >= 4 is 28.6 Å². The number of carbonyl (C=O) groups excluding carboxylic acids is 2. The Kier molecular flexibility index (Phi) is 5.73. The predicted octanol–water partition coefficient (Wildman–Crippen LogP) is 3.58. The van der Waals surface area contributed by atoms with Crippen molar-refractivity contribution in [1.29, 1.82) is 0 Å². The zero-order valence-corrected chi connectivity index (χ0v) is 16.6. The van der Waals surface area contributed by atoms with Gasteiger partial charge < -0.3 is 23.9 Å². The number of benzene rings is 1. The van der Waals surface area contributed by atoms with E-state index in [9.17, 15) is 9.59 Å². The molecule has 1 aromatic carbocycles. The van der Waals surface area contributed by atoms with E-state index in [1.165, 1.54) is 0 Å². The molecular weight excluding hydrogens is 358 g/mol. The van der Waals surface area contributed by atoms with E-state index < -0.39 is 5.97 Å². The maximum absolute atomic E-state index is 12.6. The fourth-order valence-corrected chi connectivity index (χ4v) is 3.03. The van der Waals surface area contributed by atoms with Crippen LogP contribution in [0.4, 0.5) is 5.69 Å². The average Bonchev–Trinajstić information content (AvgIpc) is 3.17. The molecule has 0 saturated heterocycles. The molecule has 1 amide bonds. The number of fused-ring (bicyclic) bond motifs is 1. The lowest BCUT2D eigenvalue weighted by molar-refractivity contribution is -0.116. The summed E-state index contributed by atoms with van der Waals surface area (Å²) >= 11 is 0. The van der Waals surface area contributed by atoms with Crippen molar-refractivity contribution in [3.63, 3.8) is 0 Å². The molecule has 28 heavy (non-hydrogen) atoms. The van der Waals surface area contributed by atoms with Gasteiger partial charge >= 0.3 is 5.97 Å². The summed E-state index contributed by atoms with van der Waals surface area (Å²) in [5, 5.41) is 2.85. The molecule has 0 bridgehead atoms. The molecule has 7 nitrogen and oxygen atoms in total. The molecule has 0 spiro atoms. The monoisotopic (exact) mass is 383 g/mol. The number of carbonyl (C=O) groups is 2. The van der Waals surface area contributed by atoms with Gasteiger partial charge in [-0.25, -0.2) is 4.79 Å². The second-order valence-electron chi connectivity index (χ2n) is 6.77. The van der Waals surface area contributed by atoms with Crippen LogP contribution in [0.5, 0.6) is 5.75 Å². The highest BCUT2D eigenvalue weighted by Crippen LogP contribution is 2.22. The highest BCUT2D eigenvalue weighted by Gasteiger charge is 2.21. The van der Waals surface area contributed by atoms with Crippen LogP contribution in [0.25, 0.3) is 11.0 Å². The number of amides is 1. The highest BCUT2D eigenvalue weighted by molar-refractivity contribution is 5.97. The lowest BCUT2D eigenvalue weighted by Gasteiger charge is -2.12. The molecule has 3 rings (SSSR count). The van der Waals surface area contributed by atoms with Gasteiger partial charge in [0.1, 0.15) is 18.0 Å². The largest absolute Gasteiger partial charge is 0.494 e. The number of rotatable bonds is 7. The molecule has 0 aliphatic heterocycles. The number of aryl methyl sites for hydroxylation is 1. The van der Waals surface area contributed by atoms with E-state index in [1.54, 1.807) is 48.7 Å². The van der Waals surface area contributed by atoms with Gasteiger partial charge in [-0.3, -0.25) is 4.79 Å². The first-order valence-electron chi connectivity index (χ1n) is 9.27. The second kappa shape index (κ2) is 8.21. The molecular formula is C21H25N3O4. The molecule has 0 radical (unpaired) electrons. The number of ether oxygens (including phenoxy) is 2. The van der Waals surface area contributed by atoms with Crippen molar-refractivity contribution in [3.05, 3.63) is 48.3 Å². The van der Waals surface area contributed by atoms with Gasteiger partial charge in [0, 0.05) is 18.9 Å². The third kappa shape index (κ3) is 4.19. The highest BCUT2D eigenvalue weighted by atomic mass is 16.5. The topological polar surface area (TPSA) is 74.5 Å². The minimum Gasteiger partial charge on any atom is -0.494 e. The Balaban J connectivity index is 1.81. The molecule has 2 aromatic heterocycles. The van der Waals surface area contributed by atoms with E-state index in [0.29, 0.717) is 18.0 Å². The van der Waals surface area contributed by atoms with Crippen LogP contribution in [0.2, 0.25) is 0 Å². The van der Waals surface area contributed by atoms with Crippen LogP contribution in [-0.2, 0) is 23.1 Å². The smallest absolute Gasteiger partial charge is 0.355 e. The van der Waals surface area contributed by atoms with E-state index >= 15 is 0 Å². The van der Waals surface area contributed by atoms with Gasteiger partial charge in [0.25, 0.3) is 0 Å². The number of hydrogen-bond acceptors (Lipinski definition) is 4. The summed E-state index contributed by atoms with van der Waals surface area (Å²) in [5.41, 5.74) is 2.69. The Bertz CT molecular complexity index is 983. The maximum atomic E-state index is 12.6. The standard InChI is InChI=1S/C21H25N3O4/c1-5-27-16-8-6-15(7-9-16)22-20(25)13-24-17-10-11-23(4)18(17)12-19(24)21(26)28-14(2)3/h6-12,14H,5,13H2,1-4H3,(H,22,25). The first-order valence-corrected chi connectivity index (χ1v) is 9.27. The van der Waals surface area contributed by atoms with Crippen LogP contribution < -0.4 is 10.1 Å². The summed E-state index contributed by atoms with van der Waals surface area (Å²) in [4.78, 5) is 25.1. The quantitative estimate of drug-likeness (QED) is 0.633. The van der Waals surface area contributed by atoms with Crippen molar-refractivity contribution in [3.8, 4) is 5.75 Å². The molecule has 148 valence electrons. The van der Waals surface area contributed by atoms with Crippen molar-refractivity contribution < 1.29 is 19.1 Å². The Morgan fingerprint density at radius 1 is 1.11 bits per heavy atom. The molecule has 7 heteroatoms. The molecule has 0 fully saturated rings. The summed E-state index contributed by atoms with van der Waals surface area (Å²) in [6.07, 6.45) is 1.65. The molecule has 0 unspecified atom stereocenters. The van der Waals surface area contributed by atoms with E-state index in [2.05, 4.69) is 5.32 Å². The van der Waals surface area contributed by atoms with Crippen LogP contribution in [0.15, 0.2) is 42.6 Å². The summed E-state index contributed by atoms with van der Waals surface area (Å²) in [6, 6.07) is 10.8. The Morgan fingerprint density at radius 2 is 1.82 bits per heavy atom. The average molecular weight is 383 g/mol. The van der Waals surface area contributed by atoms with Gasteiger partial charge in [0.2, 0.25) is 5.91 Å². The van der Waals surface area contributed by atoms with Crippen molar-refractivity contribution in [2.75, 3.05) is 11.9 Å². The fraction of sp³-hybridized carbons (Fsp3) is 0.333. The summed E-state index contributed by atoms with van der Waals surface area (Å²) in [6.45, 7) is 6.09. The normalized spacial score (nSPS) is 11.0. The van der Waals surface area contributed by atoms with Gasteiger partial charge in [-0.2, -0.15) is 0 Å². The first kappa shape index (κ1) is 19.5. The maximum Gasteiger partial charge on any atom is 0.355 e. The number of hydrogen-bond donors (Lipinski definition) is 1. The van der Waals surface area contributed by atoms with Gasteiger partial charge in [0.15, 0.2) is 0 Å². The van der Waals surface area contributed by atoms with Crippen molar-refractivity contribution in [2.45, 2.75) is 33.4 Å². The second-order valence-corrected chi connectivity index (χ2v) is 6.77. The lowest BCUT2D eigenvalue weighted by atomic mass is 10.3. The Hall–Kier alpha value is -3.22. The molecule has 0 aliphatic rings. The first-order chi connectivity index (χ1) is 13.4. The summed E-state index contributed by atoms with van der Waals surface area (Å²) < 4.78 is 14.3. The number of nitrogens with one attached hydrogen (secondary N) is 1. The minimum atomic E-state index is -0.444. The lowest BCUT2D eigenvalue weighted by Crippen LogP contribution is -2.22. The Labute approximate surface area is 163 Å². The number of aromatic nitrogens is 2. The van der Waals surface area contributed by atoms with Crippen molar-refractivity contribution in [1.82, 2.24) is 9.13 Å². The summed E-state index contributed by atoms with van der Waals surface area (Å²) in [7, 11) is 1.89. The SMILES string of the molecule is CCOc1ccc(NC(=O)Cn2c(C(=O)OC(C)C)cc3c2ccn3C)cc1. The van der Waals surface area contributed by atoms with Gasteiger partial charge in [-0.05, 0) is 57.2 Å². The predicted molar refractivity (Wildman–Crippen MR) is 108 cm³/mol.